The highest BCUT2D eigenvalue weighted by Crippen LogP contribution is 2.29. The first-order valence-corrected chi connectivity index (χ1v) is 6.10. The zero-order valence-corrected chi connectivity index (χ0v) is 10.3. The molecule has 104 valence electrons. The minimum Gasteiger partial charge on any atom is -0.314 e. The van der Waals surface area contributed by atoms with Crippen molar-refractivity contribution in [3.8, 4) is 0 Å². The molecule has 1 N–H and O–H groups in total. The van der Waals surface area contributed by atoms with E-state index < -0.39 is 11.7 Å². The molecule has 6 heteroatoms. The second-order valence-corrected chi connectivity index (χ2v) is 4.52. The first-order valence-electron chi connectivity index (χ1n) is 6.10. The fraction of sp³-hybridized carbons (Fsp3) is 0.462. The summed E-state index contributed by atoms with van der Waals surface area (Å²) in [7, 11) is 0. The topological polar surface area (TPSA) is 32.3 Å². The molecule has 1 fully saturated rings. The summed E-state index contributed by atoms with van der Waals surface area (Å²) in [5, 5.41) is 3.17. The number of carbonyl (C=O) groups is 1. The largest absolute Gasteiger partial charge is 0.416 e. The van der Waals surface area contributed by atoms with E-state index in [4.69, 9.17) is 0 Å². The highest BCUT2D eigenvalue weighted by Gasteiger charge is 2.30. The van der Waals surface area contributed by atoms with Crippen LogP contribution in [0.3, 0.4) is 0 Å². The third kappa shape index (κ3) is 3.78. The predicted octanol–water partition coefficient (Wildman–Crippen LogP) is 1.79. The lowest BCUT2D eigenvalue weighted by Gasteiger charge is -2.26. The Morgan fingerprint density at radius 2 is 1.74 bits per heavy atom. The number of nitrogens with zero attached hydrogens (tertiary/aromatic N) is 1. The predicted molar refractivity (Wildman–Crippen MR) is 65.1 cm³/mol. The second-order valence-electron chi connectivity index (χ2n) is 4.52. The molecule has 1 aliphatic rings. The number of piperazine rings is 1. The number of alkyl halides is 3. The molecule has 1 aliphatic heterocycles. The fourth-order valence-corrected chi connectivity index (χ4v) is 2.01. The van der Waals surface area contributed by atoms with Crippen LogP contribution in [0.4, 0.5) is 13.2 Å². The summed E-state index contributed by atoms with van der Waals surface area (Å²) in [5.74, 6) is -0.143. The Hall–Kier alpha value is -1.40. The number of Topliss-reactive ketones (excluding diaryl/α,β-unsaturated/α-hetero) is 1. The number of carbonyl (C=O) groups excluding carboxylic acids is 1. The van der Waals surface area contributed by atoms with Crippen LogP contribution in [-0.2, 0) is 6.18 Å². The number of rotatable bonds is 3. The van der Waals surface area contributed by atoms with Gasteiger partial charge in [0.05, 0.1) is 12.1 Å². The monoisotopic (exact) mass is 272 g/mol. The number of nitrogens with one attached hydrogen (secondary N) is 1. The first-order chi connectivity index (χ1) is 8.97. The average molecular weight is 272 g/mol. The Labute approximate surface area is 109 Å². The second kappa shape index (κ2) is 5.71. The van der Waals surface area contributed by atoms with Crippen molar-refractivity contribution in [2.45, 2.75) is 6.18 Å². The van der Waals surface area contributed by atoms with Gasteiger partial charge in [0, 0.05) is 31.7 Å². The van der Waals surface area contributed by atoms with Crippen LogP contribution >= 0.6 is 0 Å². The molecule has 0 spiro atoms. The van der Waals surface area contributed by atoms with E-state index in [1.54, 1.807) is 0 Å². The fourth-order valence-electron chi connectivity index (χ4n) is 2.01. The van der Waals surface area contributed by atoms with Crippen molar-refractivity contribution in [1.82, 2.24) is 10.2 Å². The summed E-state index contributed by atoms with van der Waals surface area (Å²) in [4.78, 5) is 13.9. The molecule has 0 aliphatic carbocycles. The summed E-state index contributed by atoms with van der Waals surface area (Å²) < 4.78 is 37.2. The summed E-state index contributed by atoms with van der Waals surface area (Å²) in [6.07, 6.45) is -4.36. The van der Waals surface area contributed by atoms with Crippen molar-refractivity contribution in [1.29, 1.82) is 0 Å². The van der Waals surface area contributed by atoms with E-state index in [1.807, 2.05) is 4.90 Å². The van der Waals surface area contributed by atoms with E-state index in [9.17, 15) is 18.0 Å². The minimum absolute atomic E-state index is 0.143. The molecule has 1 saturated heterocycles. The van der Waals surface area contributed by atoms with Gasteiger partial charge in [-0.15, -0.1) is 0 Å². The molecule has 0 amide bonds. The van der Waals surface area contributed by atoms with Gasteiger partial charge in [0.1, 0.15) is 0 Å². The first kappa shape index (κ1) is 14.0. The molecule has 1 aromatic rings. The Balaban J connectivity index is 1.99. The Bertz CT molecular complexity index is 436. The zero-order chi connectivity index (χ0) is 13.9. The molecule has 1 aromatic carbocycles. The standard InChI is InChI=1S/C13H15F3N2O/c14-13(15,16)11-3-1-10(2-4-11)12(19)9-18-7-5-17-6-8-18/h1-4,17H,5-9H2. The van der Waals surface area contributed by atoms with Gasteiger partial charge in [0.15, 0.2) is 5.78 Å². The van der Waals surface area contributed by atoms with Crippen LogP contribution in [0, 0.1) is 0 Å². The van der Waals surface area contributed by atoms with E-state index in [-0.39, 0.29) is 12.3 Å². The molecular formula is C13H15F3N2O. The summed E-state index contributed by atoms with van der Waals surface area (Å²) >= 11 is 0. The van der Waals surface area contributed by atoms with Crippen LogP contribution in [0.2, 0.25) is 0 Å². The Morgan fingerprint density at radius 3 is 2.26 bits per heavy atom. The third-order valence-electron chi connectivity index (χ3n) is 3.11. The van der Waals surface area contributed by atoms with Gasteiger partial charge < -0.3 is 5.32 Å². The van der Waals surface area contributed by atoms with Gasteiger partial charge in [-0.1, -0.05) is 12.1 Å². The van der Waals surface area contributed by atoms with Gasteiger partial charge in [0.25, 0.3) is 0 Å². The van der Waals surface area contributed by atoms with Crippen LogP contribution in [0.5, 0.6) is 0 Å². The molecule has 1 heterocycles. The van der Waals surface area contributed by atoms with E-state index >= 15 is 0 Å². The van der Waals surface area contributed by atoms with Gasteiger partial charge in [0.2, 0.25) is 0 Å². The SMILES string of the molecule is O=C(CN1CCNCC1)c1ccc(C(F)(F)F)cc1. The molecule has 0 unspecified atom stereocenters. The quantitative estimate of drug-likeness (QED) is 0.851. The molecule has 3 nitrogen and oxygen atoms in total. The van der Waals surface area contributed by atoms with Gasteiger partial charge in [-0.05, 0) is 12.1 Å². The molecule has 0 atom stereocenters. The van der Waals surface area contributed by atoms with Crippen LogP contribution in [0.25, 0.3) is 0 Å². The lowest BCUT2D eigenvalue weighted by atomic mass is 10.1. The maximum absolute atomic E-state index is 12.4. The van der Waals surface area contributed by atoms with Crippen molar-refractivity contribution in [3.63, 3.8) is 0 Å². The third-order valence-corrected chi connectivity index (χ3v) is 3.11. The smallest absolute Gasteiger partial charge is 0.314 e. The van der Waals surface area contributed by atoms with E-state index in [2.05, 4.69) is 5.32 Å². The van der Waals surface area contributed by atoms with Crippen molar-refractivity contribution in [2.24, 2.45) is 0 Å². The average Bonchev–Trinajstić information content (AvgIpc) is 2.39. The highest BCUT2D eigenvalue weighted by atomic mass is 19.4. The molecule has 0 aromatic heterocycles. The molecule has 0 saturated carbocycles. The summed E-state index contributed by atoms with van der Waals surface area (Å²) in [6.45, 7) is 3.49. The van der Waals surface area contributed by atoms with Crippen LogP contribution < -0.4 is 5.32 Å². The Kier molecular flexibility index (Phi) is 4.21. The summed E-state index contributed by atoms with van der Waals surface area (Å²) in [5.41, 5.74) is -0.405. The summed E-state index contributed by atoms with van der Waals surface area (Å²) in [6, 6.07) is 4.39. The van der Waals surface area contributed by atoms with Crippen LogP contribution in [0.15, 0.2) is 24.3 Å². The molecular weight excluding hydrogens is 257 g/mol. The number of ketones is 1. The van der Waals surface area contributed by atoms with Crippen molar-refractivity contribution in [2.75, 3.05) is 32.7 Å². The lowest BCUT2D eigenvalue weighted by Crippen LogP contribution is -2.45. The Morgan fingerprint density at radius 1 is 1.16 bits per heavy atom. The van der Waals surface area contributed by atoms with Crippen LogP contribution in [0.1, 0.15) is 15.9 Å². The minimum atomic E-state index is -4.36. The maximum atomic E-state index is 12.4. The molecule has 0 bridgehead atoms. The number of benzene rings is 1. The van der Waals surface area contributed by atoms with Gasteiger partial charge in [-0.3, -0.25) is 9.69 Å². The van der Waals surface area contributed by atoms with Crippen LogP contribution in [-0.4, -0.2) is 43.4 Å². The highest BCUT2D eigenvalue weighted by molar-refractivity contribution is 5.97. The normalized spacial score (nSPS) is 17.4. The number of hydrogen-bond acceptors (Lipinski definition) is 3. The maximum Gasteiger partial charge on any atom is 0.416 e. The lowest BCUT2D eigenvalue weighted by molar-refractivity contribution is -0.137. The van der Waals surface area contributed by atoms with Gasteiger partial charge >= 0.3 is 6.18 Å². The van der Waals surface area contributed by atoms with Gasteiger partial charge in [-0.2, -0.15) is 13.2 Å². The molecule has 19 heavy (non-hydrogen) atoms. The van der Waals surface area contributed by atoms with Gasteiger partial charge in [-0.25, -0.2) is 0 Å². The molecule has 0 radical (unpaired) electrons. The van der Waals surface area contributed by atoms with E-state index in [0.717, 1.165) is 38.3 Å². The van der Waals surface area contributed by atoms with E-state index in [1.165, 1.54) is 12.1 Å². The van der Waals surface area contributed by atoms with Crippen molar-refractivity contribution >= 4 is 5.78 Å². The van der Waals surface area contributed by atoms with Crippen molar-refractivity contribution < 1.29 is 18.0 Å². The van der Waals surface area contributed by atoms with E-state index in [0.29, 0.717) is 5.56 Å². The van der Waals surface area contributed by atoms with Crippen molar-refractivity contribution in [3.05, 3.63) is 35.4 Å². The number of hydrogen-bond donors (Lipinski definition) is 1. The zero-order valence-electron chi connectivity index (χ0n) is 10.3. The number of halogens is 3. The molecule has 2 rings (SSSR count).